The molecular weight excluding hydrogens is 282 g/mol. The summed E-state index contributed by atoms with van der Waals surface area (Å²) in [6.45, 7) is 4.43. The summed E-state index contributed by atoms with van der Waals surface area (Å²) in [4.78, 5) is 0. The van der Waals surface area contributed by atoms with Gasteiger partial charge in [-0.1, -0.05) is 41.1 Å². The van der Waals surface area contributed by atoms with Crippen LogP contribution in [0.15, 0.2) is 28.7 Å². The highest BCUT2D eigenvalue weighted by molar-refractivity contribution is 9.10. The standard InChI is InChI=1S/C13H20BrNO2/c1-10(11-5-3-4-6-12(11)14)15-7-13(2,8-16)9-17/h3-6,10,15-17H,7-9H2,1-2H3/t10-/m1/s1. The van der Waals surface area contributed by atoms with Crippen molar-refractivity contribution in [3.63, 3.8) is 0 Å². The second-order valence-corrected chi connectivity index (χ2v) is 5.61. The lowest BCUT2D eigenvalue weighted by Gasteiger charge is -2.27. The molecule has 0 saturated heterocycles. The summed E-state index contributed by atoms with van der Waals surface area (Å²) < 4.78 is 1.06. The van der Waals surface area contributed by atoms with Crippen LogP contribution in [-0.2, 0) is 0 Å². The van der Waals surface area contributed by atoms with E-state index in [4.69, 9.17) is 0 Å². The molecule has 4 heteroatoms. The number of benzene rings is 1. The SMILES string of the molecule is C[C@@H](NCC(C)(CO)CO)c1ccccc1Br. The van der Waals surface area contributed by atoms with Gasteiger partial charge in [0.2, 0.25) is 0 Å². The van der Waals surface area contributed by atoms with Gasteiger partial charge in [-0.25, -0.2) is 0 Å². The van der Waals surface area contributed by atoms with E-state index in [1.165, 1.54) is 5.56 Å². The topological polar surface area (TPSA) is 52.5 Å². The minimum Gasteiger partial charge on any atom is -0.396 e. The van der Waals surface area contributed by atoms with Gasteiger partial charge in [-0.05, 0) is 18.6 Å². The van der Waals surface area contributed by atoms with Crippen LogP contribution in [0.2, 0.25) is 0 Å². The Hall–Kier alpha value is -0.420. The van der Waals surface area contributed by atoms with Crippen LogP contribution in [-0.4, -0.2) is 30.0 Å². The number of rotatable bonds is 6. The van der Waals surface area contributed by atoms with Crippen LogP contribution in [0.1, 0.15) is 25.5 Å². The lowest BCUT2D eigenvalue weighted by atomic mass is 9.92. The molecule has 1 aromatic carbocycles. The fourth-order valence-corrected chi connectivity index (χ4v) is 2.13. The van der Waals surface area contributed by atoms with E-state index in [1.807, 2.05) is 25.1 Å². The third-order valence-electron chi connectivity index (χ3n) is 2.97. The summed E-state index contributed by atoms with van der Waals surface area (Å²) in [5.41, 5.74) is 0.695. The Morgan fingerprint density at radius 2 is 1.88 bits per heavy atom. The Bertz CT molecular complexity index is 353. The molecule has 1 atom stereocenters. The number of hydrogen-bond donors (Lipinski definition) is 3. The lowest BCUT2D eigenvalue weighted by Crippen LogP contribution is -2.38. The third-order valence-corrected chi connectivity index (χ3v) is 3.69. The molecule has 0 aliphatic rings. The molecule has 0 radical (unpaired) electrons. The van der Waals surface area contributed by atoms with Crippen LogP contribution in [0.4, 0.5) is 0 Å². The van der Waals surface area contributed by atoms with Crippen molar-refractivity contribution < 1.29 is 10.2 Å². The Balaban J connectivity index is 2.62. The second kappa shape index (κ2) is 6.50. The van der Waals surface area contributed by atoms with Gasteiger partial charge in [0.25, 0.3) is 0 Å². The first-order valence-corrected chi connectivity index (χ1v) is 6.51. The van der Waals surface area contributed by atoms with Crippen LogP contribution in [0.25, 0.3) is 0 Å². The van der Waals surface area contributed by atoms with Crippen molar-refractivity contribution in [3.8, 4) is 0 Å². The number of aliphatic hydroxyl groups is 2. The van der Waals surface area contributed by atoms with Crippen molar-refractivity contribution in [1.82, 2.24) is 5.32 Å². The molecule has 0 saturated carbocycles. The molecule has 0 aliphatic carbocycles. The van der Waals surface area contributed by atoms with E-state index in [2.05, 4.69) is 34.2 Å². The Morgan fingerprint density at radius 1 is 1.29 bits per heavy atom. The number of hydrogen-bond acceptors (Lipinski definition) is 3. The van der Waals surface area contributed by atoms with Gasteiger partial charge in [-0.15, -0.1) is 0 Å². The molecule has 3 nitrogen and oxygen atoms in total. The summed E-state index contributed by atoms with van der Waals surface area (Å²) in [6.07, 6.45) is 0. The van der Waals surface area contributed by atoms with E-state index in [0.717, 1.165) is 4.47 Å². The van der Waals surface area contributed by atoms with Crippen molar-refractivity contribution in [1.29, 1.82) is 0 Å². The highest BCUT2D eigenvalue weighted by Gasteiger charge is 2.23. The quantitative estimate of drug-likeness (QED) is 0.754. The monoisotopic (exact) mass is 301 g/mol. The van der Waals surface area contributed by atoms with E-state index < -0.39 is 5.41 Å². The van der Waals surface area contributed by atoms with E-state index in [-0.39, 0.29) is 19.3 Å². The normalized spacial score (nSPS) is 13.7. The molecule has 96 valence electrons. The molecule has 1 aromatic rings. The van der Waals surface area contributed by atoms with E-state index in [0.29, 0.717) is 6.54 Å². The van der Waals surface area contributed by atoms with E-state index in [1.54, 1.807) is 0 Å². The second-order valence-electron chi connectivity index (χ2n) is 4.75. The molecule has 0 aliphatic heterocycles. The predicted octanol–water partition coefficient (Wildman–Crippen LogP) is 2.09. The predicted molar refractivity (Wildman–Crippen MR) is 72.8 cm³/mol. The Morgan fingerprint density at radius 3 is 2.41 bits per heavy atom. The summed E-state index contributed by atoms with van der Waals surface area (Å²) in [5, 5.41) is 21.8. The van der Waals surface area contributed by atoms with Gasteiger partial charge < -0.3 is 15.5 Å². The maximum absolute atomic E-state index is 9.21. The smallest absolute Gasteiger partial charge is 0.0519 e. The van der Waals surface area contributed by atoms with Gasteiger partial charge >= 0.3 is 0 Å². The number of nitrogens with one attached hydrogen (secondary N) is 1. The first-order chi connectivity index (χ1) is 8.02. The first kappa shape index (κ1) is 14.6. The van der Waals surface area contributed by atoms with Crippen LogP contribution in [0.3, 0.4) is 0 Å². The van der Waals surface area contributed by atoms with Crippen molar-refractivity contribution in [2.24, 2.45) is 5.41 Å². The summed E-state index contributed by atoms with van der Waals surface area (Å²) in [5.74, 6) is 0. The molecule has 0 heterocycles. The molecule has 1 rings (SSSR count). The molecule has 0 unspecified atom stereocenters. The summed E-state index contributed by atoms with van der Waals surface area (Å²) >= 11 is 3.51. The minimum absolute atomic E-state index is 0.0286. The van der Waals surface area contributed by atoms with Gasteiger partial charge in [0, 0.05) is 22.5 Å². The zero-order valence-corrected chi connectivity index (χ0v) is 11.9. The van der Waals surface area contributed by atoms with Gasteiger partial charge in [0.1, 0.15) is 0 Å². The van der Waals surface area contributed by atoms with E-state index >= 15 is 0 Å². The van der Waals surface area contributed by atoms with Crippen LogP contribution >= 0.6 is 15.9 Å². The Labute approximate surface area is 111 Å². The van der Waals surface area contributed by atoms with Crippen molar-refractivity contribution >= 4 is 15.9 Å². The maximum atomic E-state index is 9.21. The molecule has 0 fully saturated rings. The highest BCUT2D eigenvalue weighted by atomic mass is 79.9. The van der Waals surface area contributed by atoms with Gasteiger partial charge in [-0.2, -0.15) is 0 Å². The molecule has 17 heavy (non-hydrogen) atoms. The molecular formula is C13H20BrNO2. The molecule has 3 N–H and O–H groups in total. The fourth-order valence-electron chi connectivity index (χ4n) is 1.50. The molecule has 0 amide bonds. The Kier molecular flexibility index (Phi) is 5.59. The molecule has 0 spiro atoms. The zero-order valence-electron chi connectivity index (χ0n) is 10.3. The van der Waals surface area contributed by atoms with Crippen molar-refractivity contribution in [2.75, 3.05) is 19.8 Å². The maximum Gasteiger partial charge on any atom is 0.0519 e. The van der Waals surface area contributed by atoms with E-state index in [9.17, 15) is 10.2 Å². The average molecular weight is 302 g/mol. The fraction of sp³-hybridized carbons (Fsp3) is 0.538. The van der Waals surface area contributed by atoms with Crippen molar-refractivity contribution in [3.05, 3.63) is 34.3 Å². The van der Waals surface area contributed by atoms with Crippen molar-refractivity contribution in [2.45, 2.75) is 19.9 Å². The van der Waals surface area contributed by atoms with Gasteiger partial charge in [0.15, 0.2) is 0 Å². The zero-order chi connectivity index (χ0) is 12.9. The first-order valence-electron chi connectivity index (χ1n) is 5.72. The lowest BCUT2D eigenvalue weighted by molar-refractivity contribution is 0.0677. The van der Waals surface area contributed by atoms with Gasteiger partial charge in [-0.3, -0.25) is 0 Å². The third kappa shape index (κ3) is 4.07. The number of aliphatic hydroxyl groups excluding tert-OH is 2. The number of halogens is 1. The average Bonchev–Trinajstić information content (AvgIpc) is 2.36. The van der Waals surface area contributed by atoms with Crippen LogP contribution < -0.4 is 5.32 Å². The highest BCUT2D eigenvalue weighted by Crippen LogP contribution is 2.23. The van der Waals surface area contributed by atoms with Gasteiger partial charge in [0.05, 0.1) is 13.2 Å². The minimum atomic E-state index is -0.477. The largest absolute Gasteiger partial charge is 0.396 e. The summed E-state index contributed by atoms with van der Waals surface area (Å²) in [6, 6.07) is 8.20. The molecule has 0 aromatic heterocycles. The molecule has 0 bridgehead atoms. The van der Waals surface area contributed by atoms with Crippen LogP contribution in [0, 0.1) is 5.41 Å². The summed E-state index contributed by atoms with van der Waals surface area (Å²) in [7, 11) is 0. The van der Waals surface area contributed by atoms with Crippen LogP contribution in [0.5, 0.6) is 0 Å².